The summed E-state index contributed by atoms with van der Waals surface area (Å²) in [6.45, 7) is 7.29. The molecular weight excluding hydrogens is 362 g/mol. The van der Waals surface area contributed by atoms with Gasteiger partial charge in [-0.1, -0.05) is 20.3 Å². The van der Waals surface area contributed by atoms with Crippen LogP contribution in [0.5, 0.6) is 0 Å². The summed E-state index contributed by atoms with van der Waals surface area (Å²) in [5, 5.41) is 13.5. The van der Waals surface area contributed by atoms with E-state index in [1.807, 2.05) is 19.9 Å². The first-order chi connectivity index (χ1) is 13.2. The summed E-state index contributed by atoms with van der Waals surface area (Å²) < 4.78 is 10.8. The minimum atomic E-state index is -1.09. The quantitative estimate of drug-likeness (QED) is 0.630. The molecule has 7 heteroatoms. The average molecular weight is 385 g/mol. The van der Waals surface area contributed by atoms with Crippen molar-refractivity contribution in [1.29, 1.82) is 0 Å². The number of hydrogen-bond donors (Lipinski definition) is 2. The van der Waals surface area contributed by atoms with Gasteiger partial charge >= 0.3 is 11.6 Å². The molecule has 3 rings (SSSR count). The third-order valence-corrected chi connectivity index (χ3v) is 5.31. The largest absolute Gasteiger partial charge is 0.480 e. The first-order valence-corrected chi connectivity index (χ1v) is 9.19. The van der Waals surface area contributed by atoms with Gasteiger partial charge in [-0.2, -0.15) is 0 Å². The average Bonchev–Trinajstić information content (AvgIpc) is 3.01. The van der Waals surface area contributed by atoms with Gasteiger partial charge in [-0.25, -0.2) is 9.59 Å². The minimum absolute atomic E-state index is 0.221. The summed E-state index contributed by atoms with van der Waals surface area (Å²) in [6, 6.07) is 2.54. The summed E-state index contributed by atoms with van der Waals surface area (Å²) in [7, 11) is 0. The van der Waals surface area contributed by atoms with Crippen LogP contribution in [0.25, 0.3) is 21.9 Å². The maximum Gasteiger partial charge on any atom is 0.340 e. The molecule has 2 heterocycles. The topological polar surface area (TPSA) is 110 Å². The lowest BCUT2D eigenvalue weighted by Gasteiger charge is -2.20. The monoisotopic (exact) mass is 385 g/mol. The van der Waals surface area contributed by atoms with Gasteiger partial charge in [0.05, 0.1) is 18.2 Å². The van der Waals surface area contributed by atoms with Crippen molar-refractivity contribution in [3.05, 3.63) is 45.5 Å². The number of nitrogens with one attached hydrogen (secondary N) is 1. The van der Waals surface area contributed by atoms with Crippen LogP contribution in [0.15, 0.2) is 32.0 Å². The second-order valence-corrected chi connectivity index (χ2v) is 7.20. The molecule has 0 aliphatic heterocycles. The van der Waals surface area contributed by atoms with E-state index in [9.17, 15) is 19.5 Å². The van der Waals surface area contributed by atoms with E-state index in [0.717, 1.165) is 16.3 Å². The van der Waals surface area contributed by atoms with Gasteiger partial charge < -0.3 is 19.3 Å². The molecule has 7 nitrogen and oxygen atoms in total. The van der Waals surface area contributed by atoms with Crippen molar-refractivity contribution < 1.29 is 23.5 Å². The van der Waals surface area contributed by atoms with Crippen LogP contribution in [0.1, 0.15) is 37.0 Å². The Balaban J connectivity index is 1.97. The van der Waals surface area contributed by atoms with E-state index in [1.165, 1.54) is 0 Å². The molecule has 0 aliphatic rings. The highest BCUT2D eigenvalue weighted by Crippen LogP contribution is 2.28. The number of benzene rings is 1. The zero-order valence-electron chi connectivity index (χ0n) is 16.3. The summed E-state index contributed by atoms with van der Waals surface area (Å²) in [6.07, 6.45) is 1.99. The van der Waals surface area contributed by atoms with E-state index in [-0.39, 0.29) is 17.9 Å². The summed E-state index contributed by atoms with van der Waals surface area (Å²) in [4.78, 5) is 36.3. The van der Waals surface area contributed by atoms with Gasteiger partial charge in [-0.3, -0.25) is 4.79 Å². The van der Waals surface area contributed by atoms with Crippen molar-refractivity contribution in [1.82, 2.24) is 5.32 Å². The lowest BCUT2D eigenvalue weighted by atomic mass is 9.98. The Morgan fingerprint density at radius 2 is 1.89 bits per heavy atom. The fourth-order valence-electron chi connectivity index (χ4n) is 3.31. The lowest BCUT2D eigenvalue weighted by Crippen LogP contribution is -2.45. The molecule has 0 spiro atoms. The molecule has 0 saturated heterocycles. The van der Waals surface area contributed by atoms with Gasteiger partial charge in [0.15, 0.2) is 0 Å². The summed E-state index contributed by atoms with van der Waals surface area (Å²) >= 11 is 0. The van der Waals surface area contributed by atoms with Gasteiger partial charge in [-0.15, -0.1) is 0 Å². The number of hydrogen-bond acceptors (Lipinski definition) is 5. The highest BCUT2D eigenvalue weighted by atomic mass is 16.4. The molecule has 2 atom stereocenters. The van der Waals surface area contributed by atoms with Crippen LogP contribution < -0.4 is 10.9 Å². The number of amides is 1. The summed E-state index contributed by atoms with van der Waals surface area (Å²) in [5.74, 6) is -1.85. The number of aliphatic carboxylic acids is 1. The molecule has 0 fully saturated rings. The maximum absolute atomic E-state index is 12.4. The molecule has 1 aromatic carbocycles. The Hall–Kier alpha value is -3.09. The second kappa shape index (κ2) is 7.50. The summed E-state index contributed by atoms with van der Waals surface area (Å²) in [5.41, 5.74) is 2.21. The Labute approximate surface area is 161 Å². The molecule has 2 N–H and O–H groups in total. The molecule has 3 aromatic rings. The predicted molar refractivity (Wildman–Crippen MR) is 104 cm³/mol. The van der Waals surface area contributed by atoms with Crippen LogP contribution in [-0.2, 0) is 16.0 Å². The lowest BCUT2D eigenvalue weighted by molar-refractivity contribution is -0.143. The van der Waals surface area contributed by atoms with Crippen molar-refractivity contribution in [3.63, 3.8) is 0 Å². The number of aryl methyl sites for hydroxylation is 2. The SMILES string of the molecule is CCC(C)C(NC(=O)Cc1c(C)c2cc3c(C)coc3cc2oc1=O)C(=O)O. The van der Waals surface area contributed by atoms with Crippen LogP contribution in [0.2, 0.25) is 0 Å². The highest BCUT2D eigenvalue weighted by Gasteiger charge is 2.26. The van der Waals surface area contributed by atoms with Crippen molar-refractivity contribution in [2.24, 2.45) is 5.92 Å². The molecule has 0 radical (unpaired) electrons. The molecule has 0 saturated carbocycles. The Bertz CT molecular complexity index is 1120. The molecule has 0 aliphatic carbocycles. The van der Waals surface area contributed by atoms with E-state index < -0.39 is 23.5 Å². The fourth-order valence-corrected chi connectivity index (χ4v) is 3.31. The van der Waals surface area contributed by atoms with E-state index in [0.29, 0.717) is 23.2 Å². The van der Waals surface area contributed by atoms with Gasteiger partial charge in [-0.05, 0) is 37.0 Å². The standard InChI is InChI=1S/C21H23NO6/c1-5-10(2)19(20(24)25)22-18(23)7-15-12(4)14-6-13-11(3)9-27-16(13)8-17(14)28-21(15)26/h6,8-10,19H,5,7H2,1-4H3,(H,22,23)(H,24,25). The molecule has 1 amide bonds. The van der Waals surface area contributed by atoms with Gasteiger partial charge in [0, 0.05) is 16.8 Å². The van der Waals surface area contributed by atoms with E-state index in [2.05, 4.69) is 5.32 Å². The first-order valence-electron chi connectivity index (χ1n) is 9.19. The van der Waals surface area contributed by atoms with Crippen molar-refractivity contribution in [2.45, 2.75) is 46.6 Å². The Morgan fingerprint density at radius 1 is 1.18 bits per heavy atom. The van der Waals surface area contributed by atoms with Gasteiger partial charge in [0.25, 0.3) is 0 Å². The number of carbonyl (C=O) groups is 2. The zero-order chi connectivity index (χ0) is 20.6. The third-order valence-electron chi connectivity index (χ3n) is 5.31. The van der Waals surface area contributed by atoms with E-state index in [4.69, 9.17) is 8.83 Å². The molecule has 28 heavy (non-hydrogen) atoms. The number of furan rings is 1. The smallest absolute Gasteiger partial charge is 0.340 e. The van der Waals surface area contributed by atoms with Crippen LogP contribution in [0.4, 0.5) is 0 Å². The minimum Gasteiger partial charge on any atom is -0.480 e. The Morgan fingerprint density at radius 3 is 2.54 bits per heavy atom. The second-order valence-electron chi connectivity index (χ2n) is 7.20. The molecular formula is C21H23NO6. The number of rotatable bonds is 6. The number of carboxylic acid groups (broad SMARTS) is 1. The predicted octanol–water partition coefficient (Wildman–Crippen LogP) is 3.31. The molecule has 2 aromatic heterocycles. The number of fused-ring (bicyclic) bond motifs is 2. The van der Waals surface area contributed by atoms with Crippen molar-refractivity contribution in [2.75, 3.05) is 0 Å². The third kappa shape index (κ3) is 3.52. The van der Waals surface area contributed by atoms with Crippen LogP contribution in [0, 0.1) is 19.8 Å². The first kappa shape index (κ1) is 19.7. The molecule has 148 valence electrons. The van der Waals surface area contributed by atoms with E-state index >= 15 is 0 Å². The van der Waals surface area contributed by atoms with Crippen LogP contribution in [-0.4, -0.2) is 23.0 Å². The van der Waals surface area contributed by atoms with Crippen LogP contribution >= 0.6 is 0 Å². The van der Waals surface area contributed by atoms with Crippen LogP contribution in [0.3, 0.4) is 0 Å². The van der Waals surface area contributed by atoms with E-state index in [1.54, 1.807) is 26.2 Å². The molecule has 0 bridgehead atoms. The van der Waals surface area contributed by atoms with Gasteiger partial charge in [0.2, 0.25) is 5.91 Å². The Kier molecular flexibility index (Phi) is 5.27. The normalized spacial score (nSPS) is 13.6. The maximum atomic E-state index is 12.4. The molecule has 2 unspecified atom stereocenters. The van der Waals surface area contributed by atoms with Crippen molar-refractivity contribution >= 4 is 33.8 Å². The zero-order valence-corrected chi connectivity index (χ0v) is 16.3. The fraction of sp³-hybridized carbons (Fsp3) is 0.381. The van der Waals surface area contributed by atoms with Crippen molar-refractivity contribution in [3.8, 4) is 0 Å². The van der Waals surface area contributed by atoms with Gasteiger partial charge in [0.1, 0.15) is 17.2 Å². The number of carboxylic acids is 1. The highest BCUT2D eigenvalue weighted by molar-refractivity contribution is 5.96. The number of carbonyl (C=O) groups excluding carboxylic acids is 1.